The second-order valence-electron chi connectivity index (χ2n) is 2.55. The molecule has 0 saturated heterocycles. The lowest BCUT2D eigenvalue weighted by molar-refractivity contribution is -0.119. The monoisotopic (exact) mass is 226 g/mol. The van der Waals surface area contributed by atoms with Crippen molar-refractivity contribution in [1.29, 1.82) is 0 Å². The Balaban J connectivity index is 2.65. The van der Waals surface area contributed by atoms with E-state index in [2.05, 4.69) is 10.2 Å². The quantitative estimate of drug-likeness (QED) is 0.827. The Bertz CT molecular complexity index is 261. The van der Waals surface area contributed by atoms with Gasteiger partial charge in [-0.05, 0) is 0 Å². The van der Waals surface area contributed by atoms with Gasteiger partial charge in [0.15, 0.2) is 0 Å². The van der Waals surface area contributed by atoms with Crippen molar-refractivity contribution >= 4 is 16.5 Å². The molecule has 0 aliphatic rings. The highest BCUT2D eigenvalue weighted by atomic mass is 32.1. The lowest BCUT2D eigenvalue weighted by Crippen LogP contribution is -2.37. The summed E-state index contributed by atoms with van der Waals surface area (Å²) in [5.41, 5.74) is 6.59. The third kappa shape index (κ3) is 3.46. The largest absolute Gasteiger partial charge is 0.406 e. The van der Waals surface area contributed by atoms with Gasteiger partial charge in [0.05, 0.1) is 0 Å². The molecule has 0 amide bonds. The maximum Gasteiger partial charge on any atom is 0.406 e. The van der Waals surface area contributed by atoms with Crippen LogP contribution in [0.25, 0.3) is 0 Å². The van der Waals surface area contributed by atoms with Crippen molar-refractivity contribution in [2.75, 3.05) is 24.5 Å². The Morgan fingerprint density at radius 1 is 1.50 bits per heavy atom. The van der Waals surface area contributed by atoms with Gasteiger partial charge < -0.3 is 10.6 Å². The normalized spacial score (nSPS) is 11.7. The van der Waals surface area contributed by atoms with Gasteiger partial charge in [0.25, 0.3) is 0 Å². The first-order valence-electron chi connectivity index (χ1n) is 3.81. The molecule has 0 aliphatic carbocycles. The molecule has 1 aromatic rings. The van der Waals surface area contributed by atoms with Crippen molar-refractivity contribution in [2.24, 2.45) is 5.73 Å². The molecule has 0 radical (unpaired) electrons. The van der Waals surface area contributed by atoms with E-state index in [1.54, 1.807) is 0 Å². The molecular formula is C6H9F3N4S. The van der Waals surface area contributed by atoms with Gasteiger partial charge in [-0.1, -0.05) is 11.3 Å². The number of alkyl halides is 3. The topological polar surface area (TPSA) is 55.0 Å². The standard InChI is InChI=1S/C6H9F3N4S/c7-6(8,9)3-13(2-1-10)5-12-11-4-14-5/h4H,1-3,10H2. The molecule has 8 heteroatoms. The summed E-state index contributed by atoms with van der Waals surface area (Å²) in [6.07, 6.45) is -4.25. The predicted molar refractivity (Wildman–Crippen MR) is 47.2 cm³/mol. The van der Waals surface area contributed by atoms with Gasteiger partial charge in [0, 0.05) is 13.1 Å². The summed E-state index contributed by atoms with van der Waals surface area (Å²) in [6, 6.07) is 0. The summed E-state index contributed by atoms with van der Waals surface area (Å²) < 4.78 is 36.3. The van der Waals surface area contributed by atoms with Crippen LogP contribution in [0.4, 0.5) is 18.3 Å². The van der Waals surface area contributed by atoms with Crippen molar-refractivity contribution in [3.63, 3.8) is 0 Å². The van der Waals surface area contributed by atoms with Crippen molar-refractivity contribution in [2.45, 2.75) is 6.18 Å². The van der Waals surface area contributed by atoms with Crippen molar-refractivity contribution in [3.8, 4) is 0 Å². The minimum Gasteiger partial charge on any atom is -0.336 e. The third-order valence-corrected chi connectivity index (χ3v) is 2.14. The summed E-state index contributed by atoms with van der Waals surface area (Å²) in [5.74, 6) is 0. The van der Waals surface area contributed by atoms with Crippen LogP contribution < -0.4 is 10.6 Å². The summed E-state index contributed by atoms with van der Waals surface area (Å²) in [5, 5.41) is 7.28. The van der Waals surface area contributed by atoms with E-state index in [0.717, 1.165) is 16.2 Å². The van der Waals surface area contributed by atoms with Gasteiger partial charge in [0.1, 0.15) is 12.1 Å². The molecule has 0 bridgehead atoms. The van der Waals surface area contributed by atoms with Gasteiger partial charge in [0.2, 0.25) is 5.13 Å². The van der Waals surface area contributed by atoms with E-state index in [4.69, 9.17) is 5.73 Å². The maximum atomic E-state index is 12.1. The predicted octanol–water partition coefficient (Wildman–Crippen LogP) is 0.865. The van der Waals surface area contributed by atoms with Gasteiger partial charge in [-0.2, -0.15) is 13.2 Å². The molecule has 0 aromatic carbocycles. The molecule has 1 aromatic heterocycles. The van der Waals surface area contributed by atoms with E-state index in [-0.39, 0.29) is 18.2 Å². The van der Waals surface area contributed by atoms with Crippen LogP contribution >= 0.6 is 11.3 Å². The lowest BCUT2D eigenvalue weighted by atomic mass is 10.5. The molecule has 0 unspecified atom stereocenters. The number of aromatic nitrogens is 2. The average Bonchev–Trinajstić information content (AvgIpc) is 2.52. The number of nitrogens with zero attached hydrogens (tertiary/aromatic N) is 3. The zero-order chi connectivity index (χ0) is 10.6. The van der Waals surface area contributed by atoms with Crippen LogP contribution in [-0.4, -0.2) is 36.0 Å². The number of hydrogen-bond acceptors (Lipinski definition) is 5. The maximum absolute atomic E-state index is 12.1. The average molecular weight is 226 g/mol. The van der Waals surface area contributed by atoms with E-state index < -0.39 is 12.7 Å². The van der Waals surface area contributed by atoms with Crippen LogP contribution in [0.1, 0.15) is 0 Å². The number of anilines is 1. The van der Waals surface area contributed by atoms with Crippen molar-refractivity contribution in [1.82, 2.24) is 10.2 Å². The molecular weight excluding hydrogens is 217 g/mol. The fourth-order valence-electron chi connectivity index (χ4n) is 0.920. The lowest BCUT2D eigenvalue weighted by Gasteiger charge is -2.21. The van der Waals surface area contributed by atoms with Crippen LogP contribution in [-0.2, 0) is 0 Å². The van der Waals surface area contributed by atoms with E-state index in [1.807, 2.05) is 0 Å². The molecule has 4 nitrogen and oxygen atoms in total. The Kier molecular flexibility index (Phi) is 3.64. The first-order chi connectivity index (χ1) is 6.53. The van der Waals surface area contributed by atoms with Crippen LogP contribution in [0.5, 0.6) is 0 Å². The van der Waals surface area contributed by atoms with Gasteiger partial charge >= 0.3 is 6.18 Å². The zero-order valence-corrected chi connectivity index (χ0v) is 7.98. The molecule has 1 rings (SSSR count). The molecule has 0 atom stereocenters. The first kappa shape index (κ1) is 11.2. The molecule has 80 valence electrons. The van der Waals surface area contributed by atoms with Gasteiger partial charge in [-0.25, -0.2) is 0 Å². The second kappa shape index (κ2) is 4.56. The fourth-order valence-corrected chi connectivity index (χ4v) is 1.51. The number of rotatable bonds is 4. The van der Waals surface area contributed by atoms with Crippen LogP contribution in [0.15, 0.2) is 5.51 Å². The van der Waals surface area contributed by atoms with Crippen LogP contribution in [0, 0.1) is 0 Å². The van der Waals surface area contributed by atoms with E-state index in [1.165, 1.54) is 5.51 Å². The minimum atomic E-state index is -4.25. The number of hydrogen-bond donors (Lipinski definition) is 1. The van der Waals surface area contributed by atoms with E-state index >= 15 is 0 Å². The molecule has 0 aliphatic heterocycles. The number of halogens is 3. The van der Waals surface area contributed by atoms with Gasteiger partial charge in [-0.3, -0.25) is 0 Å². The summed E-state index contributed by atoms with van der Waals surface area (Å²) in [4.78, 5) is 1.07. The highest BCUT2D eigenvalue weighted by Crippen LogP contribution is 2.22. The van der Waals surface area contributed by atoms with Crippen molar-refractivity contribution in [3.05, 3.63) is 5.51 Å². The summed E-state index contributed by atoms with van der Waals surface area (Å²) in [6.45, 7) is -0.774. The molecule has 14 heavy (non-hydrogen) atoms. The SMILES string of the molecule is NCCN(CC(F)(F)F)c1nncs1. The summed E-state index contributed by atoms with van der Waals surface area (Å²) >= 11 is 1.06. The minimum absolute atomic E-state index is 0.120. The highest BCUT2D eigenvalue weighted by Gasteiger charge is 2.31. The molecule has 2 N–H and O–H groups in total. The first-order valence-corrected chi connectivity index (χ1v) is 4.69. The number of nitrogens with two attached hydrogens (primary N) is 1. The molecule has 0 saturated carbocycles. The Labute approximate surface area is 82.5 Å². The van der Waals surface area contributed by atoms with Crippen molar-refractivity contribution < 1.29 is 13.2 Å². The summed E-state index contributed by atoms with van der Waals surface area (Å²) in [7, 11) is 0. The fraction of sp³-hybridized carbons (Fsp3) is 0.667. The third-order valence-electron chi connectivity index (χ3n) is 1.39. The Morgan fingerprint density at radius 3 is 2.64 bits per heavy atom. The van der Waals surface area contributed by atoms with Gasteiger partial charge in [-0.15, -0.1) is 10.2 Å². The molecule has 0 fully saturated rings. The zero-order valence-electron chi connectivity index (χ0n) is 7.16. The van der Waals surface area contributed by atoms with Crippen LogP contribution in [0.3, 0.4) is 0 Å². The second-order valence-corrected chi connectivity index (χ2v) is 3.36. The molecule has 0 spiro atoms. The Hall–Kier alpha value is -0.890. The molecule has 1 heterocycles. The van der Waals surface area contributed by atoms with E-state index in [9.17, 15) is 13.2 Å². The highest BCUT2D eigenvalue weighted by molar-refractivity contribution is 7.13. The smallest absolute Gasteiger partial charge is 0.336 e. The van der Waals surface area contributed by atoms with Crippen LogP contribution in [0.2, 0.25) is 0 Å². The Morgan fingerprint density at radius 2 is 2.21 bits per heavy atom. The van der Waals surface area contributed by atoms with E-state index in [0.29, 0.717) is 0 Å².